The Kier molecular flexibility index (Phi) is 16.8. The Hall–Kier alpha value is 0.0100. The van der Waals surface area contributed by atoms with Crippen molar-refractivity contribution in [3.63, 3.8) is 0 Å². The van der Waals surface area contributed by atoms with Crippen LogP contribution in [0.1, 0.15) is 90.9 Å². The molecule has 1 aliphatic carbocycles. The Morgan fingerprint density at radius 2 is 1.70 bits per heavy atom. The van der Waals surface area contributed by atoms with E-state index >= 15 is 0 Å². The summed E-state index contributed by atoms with van der Waals surface area (Å²) in [5.41, 5.74) is 0. The molecule has 3 unspecified atom stereocenters. The van der Waals surface area contributed by atoms with Gasteiger partial charge in [0.2, 0.25) is 0 Å². The van der Waals surface area contributed by atoms with Crippen molar-refractivity contribution in [2.45, 2.75) is 96.9 Å². The molecule has 0 radical (unpaired) electrons. The molecule has 160 valence electrons. The van der Waals surface area contributed by atoms with Crippen LogP contribution < -0.4 is 5.32 Å². The minimum atomic E-state index is 0.613. The van der Waals surface area contributed by atoms with Crippen molar-refractivity contribution >= 4 is 11.8 Å². The van der Waals surface area contributed by atoms with E-state index in [0.717, 1.165) is 19.8 Å². The first-order valence-corrected chi connectivity index (χ1v) is 13.0. The van der Waals surface area contributed by atoms with Crippen LogP contribution in [-0.4, -0.2) is 37.3 Å². The van der Waals surface area contributed by atoms with Crippen LogP contribution in [0.5, 0.6) is 0 Å². The summed E-state index contributed by atoms with van der Waals surface area (Å²) in [5, 5.41) is 3.85. The molecule has 1 N–H and O–H groups in total. The molecule has 0 aromatic rings. The summed E-state index contributed by atoms with van der Waals surface area (Å²) >= 11 is 2.09. The fraction of sp³-hybridized carbons (Fsp3) is 0.917. The monoisotopic (exact) mass is 397 g/mol. The third-order valence-corrected chi connectivity index (χ3v) is 6.96. The maximum Gasteiger partial charge on any atom is 0.0509 e. The predicted molar refractivity (Wildman–Crippen MR) is 124 cm³/mol. The molecule has 1 saturated carbocycles. The van der Waals surface area contributed by atoms with Crippen molar-refractivity contribution in [3.05, 3.63) is 12.7 Å². The van der Waals surface area contributed by atoms with Crippen molar-refractivity contribution in [2.24, 2.45) is 11.8 Å². The van der Waals surface area contributed by atoms with E-state index in [1.54, 1.807) is 0 Å². The number of allylic oxidation sites excluding steroid dienone is 1. The Morgan fingerprint density at radius 3 is 2.44 bits per heavy atom. The van der Waals surface area contributed by atoms with E-state index in [4.69, 9.17) is 4.74 Å². The van der Waals surface area contributed by atoms with Gasteiger partial charge in [0.25, 0.3) is 0 Å². The number of rotatable bonds is 18. The Labute approximate surface area is 174 Å². The van der Waals surface area contributed by atoms with E-state index in [-0.39, 0.29) is 0 Å². The highest BCUT2D eigenvalue weighted by Gasteiger charge is 2.28. The van der Waals surface area contributed by atoms with Gasteiger partial charge in [0.15, 0.2) is 0 Å². The summed E-state index contributed by atoms with van der Waals surface area (Å²) < 4.78 is 6.09. The SMILES string of the molecule is C=CC1CCC(COCCCCCCCCC)C(NCCSCCCC)C1. The van der Waals surface area contributed by atoms with Crippen LogP contribution in [0.15, 0.2) is 12.7 Å². The van der Waals surface area contributed by atoms with Gasteiger partial charge >= 0.3 is 0 Å². The molecule has 3 heteroatoms. The molecule has 0 aromatic carbocycles. The summed E-state index contributed by atoms with van der Waals surface area (Å²) in [7, 11) is 0. The maximum absolute atomic E-state index is 6.09. The Bertz CT molecular complexity index is 336. The van der Waals surface area contributed by atoms with Crippen LogP contribution >= 0.6 is 11.8 Å². The minimum absolute atomic E-state index is 0.613. The third kappa shape index (κ3) is 13.0. The predicted octanol–water partition coefficient (Wildman–Crippen LogP) is 6.85. The van der Waals surface area contributed by atoms with Crippen LogP contribution in [0.4, 0.5) is 0 Å². The summed E-state index contributed by atoms with van der Waals surface area (Å²) in [4.78, 5) is 0. The zero-order valence-corrected chi connectivity index (χ0v) is 19.2. The first kappa shape index (κ1) is 25.0. The minimum Gasteiger partial charge on any atom is -0.381 e. The van der Waals surface area contributed by atoms with Crippen LogP contribution in [0.2, 0.25) is 0 Å². The summed E-state index contributed by atoms with van der Waals surface area (Å²) in [6.07, 6.45) is 18.2. The molecule has 2 nitrogen and oxygen atoms in total. The van der Waals surface area contributed by atoms with Crippen LogP contribution in [-0.2, 0) is 4.74 Å². The third-order valence-electron chi connectivity index (χ3n) is 5.89. The number of thioether (sulfide) groups is 1. The largest absolute Gasteiger partial charge is 0.381 e. The normalized spacial score (nSPS) is 22.8. The van der Waals surface area contributed by atoms with Crippen LogP contribution in [0.3, 0.4) is 0 Å². The molecule has 0 bridgehead atoms. The molecule has 0 spiro atoms. The molecule has 27 heavy (non-hydrogen) atoms. The summed E-state index contributed by atoms with van der Waals surface area (Å²) in [6, 6.07) is 0.613. The van der Waals surface area contributed by atoms with Gasteiger partial charge in [-0.25, -0.2) is 0 Å². The molecule has 1 rings (SSSR count). The molecule has 0 aliphatic heterocycles. The van der Waals surface area contributed by atoms with Crippen molar-refractivity contribution in [3.8, 4) is 0 Å². The summed E-state index contributed by atoms with van der Waals surface area (Å²) in [6.45, 7) is 11.6. The van der Waals surface area contributed by atoms with Crippen molar-refractivity contribution in [1.82, 2.24) is 5.32 Å². The fourth-order valence-corrected chi connectivity index (χ4v) is 4.95. The second kappa shape index (κ2) is 18.1. The lowest BCUT2D eigenvalue weighted by Crippen LogP contribution is -2.43. The molecule has 3 atom stereocenters. The first-order chi connectivity index (χ1) is 13.3. The average molecular weight is 398 g/mol. The number of unbranched alkanes of at least 4 members (excludes halogenated alkanes) is 7. The van der Waals surface area contributed by atoms with E-state index in [0.29, 0.717) is 17.9 Å². The maximum atomic E-state index is 6.09. The van der Waals surface area contributed by atoms with Crippen molar-refractivity contribution in [1.29, 1.82) is 0 Å². The van der Waals surface area contributed by atoms with E-state index in [1.165, 1.54) is 88.6 Å². The number of hydrogen-bond donors (Lipinski definition) is 1. The van der Waals surface area contributed by atoms with Gasteiger partial charge in [-0.15, -0.1) is 6.58 Å². The highest BCUT2D eigenvalue weighted by Crippen LogP contribution is 2.30. The van der Waals surface area contributed by atoms with Gasteiger partial charge in [0, 0.05) is 24.9 Å². The average Bonchev–Trinajstić information content (AvgIpc) is 2.70. The van der Waals surface area contributed by atoms with Gasteiger partial charge in [0.1, 0.15) is 0 Å². The molecular weight excluding hydrogens is 350 g/mol. The lowest BCUT2D eigenvalue weighted by Gasteiger charge is -2.35. The van der Waals surface area contributed by atoms with Gasteiger partial charge < -0.3 is 10.1 Å². The Morgan fingerprint density at radius 1 is 0.963 bits per heavy atom. The number of nitrogens with one attached hydrogen (secondary N) is 1. The van der Waals surface area contributed by atoms with Gasteiger partial charge in [-0.1, -0.05) is 64.9 Å². The fourth-order valence-electron chi connectivity index (χ4n) is 3.99. The topological polar surface area (TPSA) is 21.3 Å². The molecule has 1 fully saturated rings. The van der Waals surface area contributed by atoms with Crippen molar-refractivity contribution in [2.75, 3.05) is 31.3 Å². The quantitative estimate of drug-likeness (QED) is 0.202. The standard InChI is InChI=1S/C24H47NOS/c1-4-7-9-10-11-12-13-17-26-21-23-15-14-22(6-3)20-24(23)25-16-19-27-18-8-5-2/h6,22-25H,3-5,7-21H2,1-2H3. The second-order valence-corrected chi connectivity index (χ2v) is 9.52. The van der Waals surface area contributed by atoms with Crippen molar-refractivity contribution < 1.29 is 4.74 Å². The molecule has 0 heterocycles. The van der Waals surface area contributed by atoms with Gasteiger partial charge in [-0.3, -0.25) is 0 Å². The second-order valence-electron chi connectivity index (χ2n) is 8.29. The van der Waals surface area contributed by atoms with Gasteiger partial charge in [-0.05, 0) is 49.7 Å². The zero-order valence-electron chi connectivity index (χ0n) is 18.4. The molecular formula is C24H47NOS. The molecule has 0 amide bonds. The first-order valence-electron chi connectivity index (χ1n) is 11.8. The molecule has 0 saturated heterocycles. The van der Waals surface area contributed by atoms with E-state index < -0.39 is 0 Å². The number of hydrogen-bond acceptors (Lipinski definition) is 3. The molecule has 0 aromatic heterocycles. The Balaban J connectivity index is 2.14. The number of ether oxygens (including phenoxy) is 1. The van der Waals surface area contributed by atoms with Crippen LogP contribution in [0, 0.1) is 11.8 Å². The van der Waals surface area contributed by atoms with E-state index in [2.05, 4.69) is 43.6 Å². The lowest BCUT2D eigenvalue weighted by molar-refractivity contribution is 0.0621. The van der Waals surface area contributed by atoms with Crippen LogP contribution in [0.25, 0.3) is 0 Å². The van der Waals surface area contributed by atoms with E-state index in [9.17, 15) is 0 Å². The van der Waals surface area contributed by atoms with Gasteiger partial charge in [0.05, 0.1) is 6.61 Å². The molecule has 1 aliphatic rings. The smallest absolute Gasteiger partial charge is 0.0509 e. The van der Waals surface area contributed by atoms with Gasteiger partial charge in [-0.2, -0.15) is 11.8 Å². The zero-order chi connectivity index (χ0) is 19.6. The highest BCUT2D eigenvalue weighted by atomic mass is 32.2. The lowest BCUT2D eigenvalue weighted by atomic mass is 9.78. The highest BCUT2D eigenvalue weighted by molar-refractivity contribution is 7.99. The van der Waals surface area contributed by atoms with E-state index in [1.807, 2.05) is 0 Å². The summed E-state index contributed by atoms with van der Waals surface area (Å²) in [5.74, 6) is 3.92.